The molecule has 12 heteroatoms. The number of fused-ring (bicyclic) bond motifs is 6. The number of hydrogen-bond donors (Lipinski definition) is 0. The van der Waals surface area contributed by atoms with E-state index in [4.69, 9.17) is 11.8 Å². The number of rotatable bonds is 2. The first-order valence-corrected chi connectivity index (χ1v) is 16.1. The van der Waals surface area contributed by atoms with Crippen LogP contribution in [0.25, 0.3) is 60.1 Å². The van der Waals surface area contributed by atoms with E-state index in [2.05, 4.69) is 47.1 Å². The van der Waals surface area contributed by atoms with Crippen LogP contribution < -0.4 is 9.97 Å². The van der Waals surface area contributed by atoms with Gasteiger partial charge in [0.2, 0.25) is 0 Å². The number of nitriles is 1. The Bertz CT molecular complexity index is 2570. The third-order valence-electron chi connectivity index (χ3n) is 7.69. The van der Waals surface area contributed by atoms with Gasteiger partial charge in [0.15, 0.2) is 0 Å². The van der Waals surface area contributed by atoms with Crippen molar-refractivity contribution < 1.29 is 42.1 Å². The number of hydrogen-bond acceptors (Lipinski definition) is 5. The summed E-state index contributed by atoms with van der Waals surface area (Å²) < 4.78 is 3.56. The molecule has 10 rings (SSSR count). The number of pyridine rings is 2. The summed E-state index contributed by atoms with van der Waals surface area (Å²) in [6.07, 6.45) is 7.29. The van der Waals surface area contributed by atoms with E-state index in [0.29, 0.717) is 22.8 Å². The van der Waals surface area contributed by atoms with E-state index in [9.17, 15) is 0 Å². The molecule has 0 saturated heterocycles. The van der Waals surface area contributed by atoms with Crippen LogP contribution in [-0.2, 0) is 42.1 Å². The monoisotopic (exact) mass is 1060 g/mol. The smallest absolute Gasteiger partial charge is 0.481 e. The average molecular weight is 1060 g/mol. The fraction of sp³-hybridized carbons (Fsp3) is 0. The Morgan fingerprint density at radius 3 is 1.54 bits per heavy atom. The van der Waals surface area contributed by atoms with Crippen LogP contribution in [0.2, 0.25) is 0 Å². The molecule has 0 spiro atoms. The molecule has 0 atom stereocenters. The average Bonchev–Trinajstić information content (AvgIpc) is 4.05. The van der Waals surface area contributed by atoms with Crippen LogP contribution >= 0.6 is 0 Å². The second-order valence-corrected chi connectivity index (χ2v) is 11.0. The molecule has 10 nitrogen and oxygen atoms in total. The van der Waals surface area contributed by atoms with Crippen LogP contribution in [0.3, 0.4) is 0 Å². The van der Waals surface area contributed by atoms with E-state index >= 15 is 0 Å². The summed E-state index contributed by atoms with van der Waals surface area (Å²) in [6.45, 7) is 6.89. The molecular formula is C42H26N10Pt2. The van der Waals surface area contributed by atoms with Gasteiger partial charge in [0.25, 0.3) is 0 Å². The molecule has 0 aliphatic rings. The van der Waals surface area contributed by atoms with Gasteiger partial charge in [-0.3, -0.25) is 9.36 Å². The number of para-hydroxylation sites is 4. The Balaban J connectivity index is 0.000000138. The van der Waals surface area contributed by atoms with Crippen molar-refractivity contribution in [2.75, 3.05) is 0 Å². The zero-order valence-corrected chi connectivity index (χ0v) is 32.7. The second-order valence-electron chi connectivity index (χ2n) is 11.0. The summed E-state index contributed by atoms with van der Waals surface area (Å²) in [4.78, 5) is 20.3. The van der Waals surface area contributed by atoms with Crippen LogP contribution in [-0.4, -0.2) is 29.5 Å². The van der Waals surface area contributed by atoms with Crippen molar-refractivity contribution in [1.82, 2.24) is 39.5 Å². The Hall–Kier alpha value is -6.44. The predicted molar refractivity (Wildman–Crippen MR) is 201 cm³/mol. The summed E-state index contributed by atoms with van der Waals surface area (Å²) >= 11 is 0. The van der Waals surface area contributed by atoms with Crippen molar-refractivity contribution in [1.29, 1.82) is 5.26 Å². The molecule has 0 radical (unpaired) electrons. The zero-order chi connectivity index (χ0) is 35.5. The number of aromatic nitrogens is 8. The maximum Gasteiger partial charge on any atom is 2.00 e. The fourth-order valence-corrected chi connectivity index (χ4v) is 5.30. The SMILES string of the molecule is N#Cc1ccc2c(n1)[n-]c1ccccc12.[C-]#[N+]c1ccc2c(n1)[n-]c1ccccc12.[Pt+2].[Pt+2].[c-]1ccccc1-n1cccn1.[c-]1ccccc1-n1cccn1. The van der Waals surface area contributed by atoms with E-state index in [1.807, 2.05) is 140 Å². The standard InChI is InChI=1S/2C12H6N3.2C9H7N2.2Pt/c1-13-11-7-6-9-8-4-2-3-5-10(8)14-12(9)15-11;13-7-8-5-6-10-9-3-1-2-4-11(9)15-12(10)14-8;2*1-2-5-9(6-3-1)11-8-4-7-10-11;;/h2-7H;1-6H;2*1-5,7-8H;;/q4*-1;2*+2. The van der Waals surface area contributed by atoms with E-state index in [0.717, 1.165) is 44.0 Å². The molecule has 0 aliphatic heterocycles. The zero-order valence-electron chi connectivity index (χ0n) is 28.1. The van der Waals surface area contributed by atoms with Crippen LogP contribution in [0, 0.1) is 30.0 Å². The normalized spacial score (nSPS) is 9.89. The second kappa shape index (κ2) is 18.9. The van der Waals surface area contributed by atoms with Gasteiger partial charge in [-0.05, 0) is 67.8 Å². The van der Waals surface area contributed by atoms with Gasteiger partial charge in [0, 0.05) is 30.5 Å². The first-order chi connectivity index (χ1) is 25.7. The molecule has 54 heavy (non-hydrogen) atoms. The molecule has 10 aromatic rings. The van der Waals surface area contributed by atoms with Crippen molar-refractivity contribution in [3.05, 3.63) is 187 Å². The minimum atomic E-state index is 0. The van der Waals surface area contributed by atoms with Gasteiger partial charge < -0.3 is 24.8 Å². The molecule has 4 aromatic carbocycles. The Kier molecular flexibility index (Phi) is 13.6. The molecule has 0 unspecified atom stereocenters. The summed E-state index contributed by atoms with van der Waals surface area (Å²) in [5.41, 5.74) is 5.51. The molecule has 0 bridgehead atoms. The maximum absolute atomic E-state index is 8.73. The van der Waals surface area contributed by atoms with Crippen molar-refractivity contribution in [2.24, 2.45) is 0 Å². The van der Waals surface area contributed by atoms with E-state index in [1.165, 1.54) is 0 Å². The summed E-state index contributed by atoms with van der Waals surface area (Å²) in [5.74, 6) is 0.394. The fourth-order valence-electron chi connectivity index (χ4n) is 5.30. The predicted octanol–water partition coefficient (Wildman–Crippen LogP) is 8.45. The Morgan fingerprint density at radius 2 is 1.07 bits per heavy atom. The van der Waals surface area contributed by atoms with Crippen molar-refractivity contribution in [2.45, 2.75) is 0 Å². The summed E-state index contributed by atoms with van der Waals surface area (Å²) in [7, 11) is 0. The van der Waals surface area contributed by atoms with Crippen molar-refractivity contribution >= 4 is 49.7 Å². The van der Waals surface area contributed by atoms with Gasteiger partial charge in [-0.2, -0.15) is 64.0 Å². The molecule has 0 saturated carbocycles. The first-order valence-electron chi connectivity index (χ1n) is 16.1. The molecule has 6 heterocycles. The van der Waals surface area contributed by atoms with E-state index in [1.54, 1.807) is 33.9 Å². The molecule has 0 fully saturated rings. The molecule has 264 valence electrons. The van der Waals surface area contributed by atoms with Crippen LogP contribution in [0.1, 0.15) is 5.69 Å². The molecular weight excluding hydrogens is 1030 g/mol. The van der Waals surface area contributed by atoms with E-state index < -0.39 is 0 Å². The topological polar surface area (TPSA) is 118 Å². The van der Waals surface area contributed by atoms with Crippen LogP contribution in [0.4, 0.5) is 5.82 Å². The Labute approximate surface area is 339 Å². The minimum Gasteiger partial charge on any atom is -0.481 e. The molecule has 0 N–H and O–H groups in total. The molecule has 0 aliphatic carbocycles. The first kappa shape index (κ1) is 38.8. The van der Waals surface area contributed by atoms with Gasteiger partial charge in [-0.25, -0.2) is 0 Å². The Morgan fingerprint density at radius 1 is 0.574 bits per heavy atom. The van der Waals surface area contributed by atoms with Crippen LogP contribution in [0.5, 0.6) is 0 Å². The third kappa shape index (κ3) is 9.13. The molecule has 6 aromatic heterocycles. The van der Waals surface area contributed by atoms with Gasteiger partial charge >= 0.3 is 42.1 Å². The quantitative estimate of drug-likeness (QED) is 0.160. The third-order valence-corrected chi connectivity index (χ3v) is 7.69. The minimum absolute atomic E-state index is 0. The largest absolute Gasteiger partial charge is 2.00 e. The van der Waals surface area contributed by atoms with Gasteiger partial charge in [0.1, 0.15) is 0 Å². The maximum atomic E-state index is 8.73. The van der Waals surface area contributed by atoms with Gasteiger partial charge in [-0.15, -0.1) is 12.1 Å². The summed E-state index contributed by atoms with van der Waals surface area (Å²) in [5, 5.41) is 21.1. The van der Waals surface area contributed by atoms with Crippen molar-refractivity contribution in [3.8, 4) is 17.4 Å². The van der Waals surface area contributed by atoms with Crippen LogP contribution in [0.15, 0.2) is 158 Å². The van der Waals surface area contributed by atoms with Gasteiger partial charge in [0.05, 0.1) is 11.9 Å². The molecule has 0 amide bonds. The number of benzene rings is 4. The number of nitrogens with zero attached hydrogens (tertiary/aromatic N) is 10. The van der Waals surface area contributed by atoms with Gasteiger partial charge in [-0.1, -0.05) is 78.9 Å². The van der Waals surface area contributed by atoms with E-state index in [-0.39, 0.29) is 42.1 Å². The van der Waals surface area contributed by atoms with Crippen molar-refractivity contribution in [3.63, 3.8) is 0 Å². The summed E-state index contributed by atoms with van der Waals surface area (Å²) in [6, 6.07) is 50.4.